The van der Waals surface area contributed by atoms with Crippen LogP contribution in [0.2, 0.25) is 0 Å². The van der Waals surface area contributed by atoms with Gasteiger partial charge in [0.1, 0.15) is 6.54 Å². The summed E-state index contributed by atoms with van der Waals surface area (Å²) in [5, 5.41) is 7.23. The topological polar surface area (TPSA) is 64.0 Å². The minimum atomic E-state index is -0.290. The van der Waals surface area contributed by atoms with E-state index in [-0.39, 0.29) is 18.0 Å². The average molecular weight is 361 g/mol. The summed E-state index contributed by atoms with van der Waals surface area (Å²) in [5.74, 6) is -0.224. The lowest BCUT2D eigenvalue weighted by atomic mass is 10.0. The van der Waals surface area contributed by atoms with Gasteiger partial charge in [-0.25, -0.2) is 4.68 Å². The summed E-state index contributed by atoms with van der Waals surface area (Å²) in [6.45, 7) is 4.47. The van der Waals surface area contributed by atoms with E-state index in [0.717, 1.165) is 23.1 Å². The Morgan fingerprint density at radius 2 is 1.81 bits per heavy atom. The molecule has 0 radical (unpaired) electrons. The van der Waals surface area contributed by atoms with E-state index in [9.17, 15) is 9.59 Å². The van der Waals surface area contributed by atoms with E-state index in [1.54, 1.807) is 6.07 Å². The zero-order valence-corrected chi connectivity index (χ0v) is 15.6. The van der Waals surface area contributed by atoms with Crippen molar-refractivity contribution in [1.29, 1.82) is 0 Å². The smallest absolute Gasteiger partial charge is 0.267 e. The summed E-state index contributed by atoms with van der Waals surface area (Å²) < 4.78 is 1.21. The Labute approximate surface area is 158 Å². The second-order valence-electron chi connectivity index (χ2n) is 6.62. The molecular weight excluding hydrogens is 338 g/mol. The Hall–Kier alpha value is -3.21. The minimum Gasteiger partial charge on any atom is -0.354 e. The highest BCUT2D eigenvalue weighted by atomic mass is 16.2. The van der Waals surface area contributed by atoms with E-state index in [4.69, 9.17) is 0 Å². The van der Waals surface area contributed by atoms with Crippen molar-refractivity contribution in [1.82, 2.24) is 15.1 Å². The first-order chi connectivity index (χ1) is 13.0. The summed E-state index contributed by atoms with van der Waals surface area (Å²) in [6, 6.07) is 19.2. The molecule has 138 valence electrons. The highest BCUT2D eigenvalue weighted by molar-refractivity contribution is 5.75. The number of aryl methyl sites for hydroxylation is 2. The number of amides is 1. The maximum absolute atomic E-state index is 12.2. The third kappa shape index (κ3) is 4.91. The molecule has 0 saturated heterocycles. The quantitative estimate of drug-likeness (QED) is 0.734. The Kier molecular flexibility index (Phi) is 5.81. The molecule has 5 nitrogen and oxygen atoms in total. The summed E-state index contributed by atoms with van der Waals surface area (Å²) >= 11 is 0. The number of hydrogen-bond donors (Lipinski definition) is 1. The molecule has 5 heteroatoms. The van der Waals surface area contributed by atoms with Crippen LogP contribution in [0.5, 0.6) is 0 Å². The van der Waals surface area contributed by atoms with Crippen molar-refractivity contribution in [3.8, 4) is 11.3 Å². The third-order valence-corrected chi connectivity index (χ3v) is 4.40. The molecule has 27 heavy (non-hydrogen) atoms. The fourth-order valence-corrected chi connectivity index (χ4v) is 2.99. The lowest BCUT2D eigenvalue weighted by Crippen LogP contribution is -2.34. The molecule has 0 aliphatic rings. The molecule has 0 bridgehead atoms. The molecule has 3 rings (SSSR count). The molecule has 0 fully saturated rings. The number of aromatic nitrogens is 2. The molecule has 0 spiro atoms. The summed E-state index contributed by atoms with van der Waals surface area (Å²) in [5.41, 5.74) is 4.76. The van der Waals surface area contributed by atoms with Crippen LogP contribution in [0.4, 0.5) is 0 Å². The van der Waals surface area contributed by atoms with Gasteiger partial charge in [0.15, 0.2) is 0 Å². The van der Waals surface area contributed by atoms with Crippen molar-refractivity contribution >= 4 is 5.91 Å². The van der Waals surface area contributed by atoms with Crippen LogP contribution in [-0.4, -0.2) is 22.2 Å². The van der Waals surface area contributed by atoms with Gasteiger partial charge in [-0.3, -0.25) is 9.59 Å². The van der Waals surface area contributed by atoms with Gasteiger partial charge < -0.3 is 5.32 Å². The van der Waals surface area contributed by atoms with Gasteiger partial charge in [-0.1, -0.05) is 54.1 Å². The molecule has 0 unspecified atom stereocenters. The lowest BCUT2D eigenvalue weighted by molar-refractivity contribution is -0.121. The van der Waals surface area contributed by atoms with E-state index in [1.807, 2.05) is 56.3 Å². The van der Waals surface area contributed by atoms with Gasteiger partial charge in [0, 0.05) is 18.2 Å². The van der Waals surface area contributed by atoms with E-state index < -0.39 is 0 Å². The summed E-state index contributed by atoms with van der Waals surface area (Å²) in [4.78, 5) is 24.3. The van der Waals surface area contributed by atoms with Gasteiger partial charge in [-0.05, 0) is 37.5 Å². The number of nitrogens with zero attached hydrogens (tertiary/aromatic N) is 2. The van der Waals surface area contributed by atoms with Crippen LogP contribution in [0.25, 0.3) is 11.3 Å². The monoisotopic (exact) mass is 361 g/mol. The second-order valence-corrected chi connectivity index (χ2v) is 6.62. The Morgan fingerprint density at radius 3 is 2.56 bits per heavy atom. The van der Waals surface area contributed by atoms with Crippen LogP contribution in [-0.2, 0) is 17.8 Å². The predicted molar refractivity (Wildman–Crippen MR) is 107 cm³/mol. The zero-order chi connectivity index (χ0) is 19.2. The van der Waals surface area contributed by atoms with Crippen LogP contribution < -0.4 is 10.9 Å². The van der Waals surface area contributed by atoms with Gasteiger partial charge in [-0.2, -0.15) is 5.10 Å². The number of carbonyl (C=O) groups is 1. The normalized spacial score (nSPS) is 10.6. The first-order valence-electron chi connectivity index (χ1n) is 8.99. The predicted octanol–water partition coefficient (Wildman–Crippen LogP) is 2.89. The van der Waals surface area contributed by atoms with Crippen LogP contribution in [0, 0.1) is 13.8 Å². The molecule has 2 aromatic carbocycles. The largest absolute Gasteiger partial charge is 0.354 e. The number of rotatable bonds is 6. The highest BCUT2D eigenvalue weighted by Gasteiger charge is 2.09. The Balaban J connectivity index is 1.67. The molecule has 0 aliphatic carbocycles. The van der Waals surface area contributed by atoms with Gasteiger partial charge >= 0.3 is 0 Å². The van der Waals surface area contributed by atoms with Crippen molar-refractivity contribution in [2.24, 2.45) is 0 Å². The van der Waals surface area contributed by atoms with Gasteiger partial charge in [0.25, 0.3) is 5.56 Å². The van der Waals surface area contributed by atoms with Crippen molar-refractivity contribution in [2.45, 2.75) is 26.8 Å². The SMILES string of the molecule is Cc1ccc(-c2ccc(=O)n(CC(=O)NCCc3ccccc3)n2)c(C)c1. The van der Waals surface area contributed by atoms with Gasteiger partial charge in [-0.15, -0.1) is 0 Å². The fraction of sp³-hybridized carbons (Fsp3) is 0.227. The maximum atomic E-state index is 12.2. The van der Waals surface area contributed by atoms with Gasteiger partial charge in [0.2, 0.25) is 5.91 Å². The molecule has 0 aliphatic heterocycles. The summed E-state index contributed by atoms with van der Waals surface area (Å²) in [6.07, 6.45) is 0.748. The highest BCUT2D eigenvalue weighted by Crippen LogP contribution is 2.21. The van der Waals surface area contributed by atoms with Crippen LogP contribution in [0.3, 0.4) is 0 Å². The first kappa shape index (κ1) is 18.6. The number of hydrogen-bond acceptors (Lipinski definition) is 3. The number of benzene rings is 2. The molecule has 1 amide bonds. The lowest BCUT2D eigenvalue weighted by Gasteiger charge is -2.10. The average Bonchev–Trinajstić information content (AvgIpc) is 2.65. The molecule has 3 aromatic rings. The number of carbonyl (C=O) groups excluding carboxylic acids is 1. The third-order valence-electron chi connectivity index (χ3n) is 4.40. The van der Waals surface area contributed by atoms with Crippen molar-refractivity contribution in [3.63, 3.8) is 0 Å². The van der Waals surface area contributed by atoms with Crippen molar-refractivity contribution in [3.05, 3.63) is 87.7 Å². The minimum absolute atomic E-state index is 0.0909. The molecular formula is C22H23N3O2. The van der Waals surface area contributed by atoms with E-state index in [1.165, 1.54) is 16.3 Å². The van der Waals surface area contributed by atoms with Crippen LogP contribution in [0.1, 0.15) is 16.7 Å². The molecule has 1 aromatic heterocycles. The van der Waals surface area contributed by atoms with E-state index in [0.29, 0.717) is 12.2 Å². The molecule has 0 saturated carbocycles. The maximum Gasteiger partial charge on any atom is 0.267 e. The zero-order valence-electron chi connectivity index (χ0n) is 15.6. The second kappa shape index (κ2) is 8.45. The van der Waals surface area contributed by atoms with Crippen molar-refractivity contribution in [2.75, 3.05) is 6.54 Å². The van der Waals surface area contributed by atoms with Crippen LogP contribution >= 0.6 is 0 Å². The summed E-state index contributed by atoms with van der Waals surface area (Å²) in [7, 11) is 0. The standard InChI is InChI=1S/C22H23N3O2/c1-16-8-9-19(17(2)14-16)20-10-11-22(27)25(24-20)15-21(26)23-13-12-18-6-4-3-5-7-18/h3-11,14H,12-13,15H2,1-2H3,(H,23,26). The van der Waals surface area contributed by atoms with Crippen molar-refractivity contribution < 1.29 is 4.79 Å². The molecule has 0 atom stereocenters. The number of nitrogens with one attached hydrogen (secondary N) is 1. The van der Waals surface area contributed by atoms with Crippen LogP contribution in [0.15, 0.2) is 65.5 Å². The Bertz CT molecular complexity index is 994. The van der Waals surface area contributed by atoms with E-state index in [2.05, 4.69) is 16.5 Å². The first-order valence-corrected chi connectivity index (χ1v) is 8.99. The molecule has 1 N–H and O–H groups in total. The van der Waals surface area contributed by atoms with Gasteiger partial charge in [0.05, 0.1) is 5.69 Å². The fourth-order valence-electron chi connectivity index (χ4n) is 2.99. The Morgan fingerprint density at radius 1 is 1.04 bits per heavy atom. The van der Waals surface area contributed by atoms with E-state index >= 15 is 0 Å². The molecule has 1 heterocycles.